The third-order valence-electron chi connectivity index (χ3n) is 4.72. The molecule has 5 nitrogen and oxygen atoms in total. The smallest absolute Gasteiger partial charge is 0.161 e. The SMILES string of the molecule is COc1ccccc1OCCOc1ccc(C(=S)N2CCCCC2)cc1OC. The van der Waals surface area contributed by atoms with Crippen molar-refractivity contribution in [1.29, 1.82) is 0 Å². The van der Waals surface area contributed by atoms with Crippen molar-refractivity contribution in [2.45, 2.75) is 19.3 Å². The van der Waals surface area contributed by atoms with Gasteiger partial charge in [-0.2, -0.15) is 0 Å². The third kappa shape index (κ3) is 5.07. The molecule has 0 aliphatic carbocycles. The second kappa shape index (κ2) is 10.2. The highest BCUT2D eigenvalue weighted by molar-refractivity contribution is 7.80. The van der Waals surface area contributed by atoms with Crippen LogP contribution < -0.4 is 18.9 Å². The summed E-state index contributed by atoms with van der Waals surface area (Å²) in [5, 5.41) is 0. The van der Waals surface area contributed by atoms with Crippen molar-refractivity contribution >= 4 is 17.2 Å². The van der Waals surface area contributed by atoms with Gasteiger partial charge in [-0.05, 0) is 49.6 Å². The van der Waals surface area contributed by atoms with E-state index in [0.29, 0.717) is 36.2 Å². The van der Waals surface area contributed by atoms with Crippen LogP contribution in [0.3, 0.4) is 0 Å². The Kier molecular flexibility index (Phi) is 7.37. The Labute approximate surface area is 172 Å². The van der Waals surface area contributed by atoms with Gasteiger partial charge >= 0.3 is 0 Å². The maximum atomic E-state index is 5.86. The van der Waals surface area contributed by atoms with Gasteiger partial charge in [-0.25, -0.2) is 0 Å². The van der Waals surface area contributed by atoms with E-state index in [2.05, 4.69) is 4.90 Å². The van der Waals surface area contributed by atoms with Crippen LogP contribution in [-0.2, 0) is 0 Å². The molecule has 1 aliphatic rings. The van der Waals surface area contributed by atoms with Crippen LogP contribution in [0.25, 0.3) is 0 Å². The summed E-state index contributed by atoms with van der Waals surface area (Å²) < 4.78 is 22.4. The molecule has 0 saturated carbocycles. The number of rotatable bonds is 8. The van der Waals surface area contributed by atoms with Gasteiger partial charge in [0.2, 0.25) is 0 Å². The van der Waals surface area contributed by atoms with Crippen LogP contribution in [0.4, 0.5) is 0 Å². The third-order valence-corrected chi connectivity index (χ3v) is 5.22. The number of benzene rings is 2. The highest BCUT2D eigenvalue weighted by atomic mass is 32.1. The highest BCUT2D eigenvalue weighted by Crippen LogP contribution is 2.30. The molecule has 2 aromatic rings. The first-order chi connectivity index (χ1) is 13.7. The summed E-state index contributed by atoms with van der Waals surface area (Å²) in [6.07, 6.45) is 3.68. The van der Waals surface area contributed by atoms with Crippen LogP contribution in [0.1, 0.15) is 24.8 Å². The van der Waals surface area contributed by atoms with Crippen molar-refractivity contribution in [3.05, 3.63) is 48.0 Å². The number of para-hydroxylation sites is 2. The fraction of sp³-hybridized carbons (Fsp3) is 0.409. The van der Waals surface area contributed by atoms with Crippen molar-refractivity contribution in [3.8, 4) is 23.0 Å². The van der Waals surface area contributed by atoms with Gasteiger partial charge < -0.3 is 23.8 Å². The second-order valence-corrected chi connectivity index (χ2v) is 6.95. The van der Waals surface area contributed by atoms with Crippen molar-refractivity contribution in [2.24, 2.45) is 0 Å². The maximum Gasteiger partial charge on any atom is 0.161 e. The molecule has 0 spiro atoms. The molecular weight excluding hydrogens is 374 g/mol. The maximum absolute atomic E-state index is 5.86. The molecule has 6 heteroatoms. The molecule has 28 heavy (non-hydrogen) atoms. The van der Waals surface area contributed by atoms with Gasteiger partial charge in [0.1, 0.15) is 18.2 Å². The molecule has 0 N–H and O–H groups in total. The fourth-order valence-corrected chi connectivity index (χ4v) is 3.55. The lowest BCUT2D eigenvalue weighted by atomic mass is 10.1. The summed E-state index contributed by atoms with van der Waals surface area (Å²) in [6, 6.07) is 13.4. The predicted molar refractivity (Wildman–Crippen MR) is 114 cm³/mol. The molecular formula is C22H27NO4S. The first-order valence-electron chi connectivity index (χ1n) is 9.59. The Morgan fingerprint density at radius 3 is 2.07 bits per heavy atom. The monoisotopic (exact) mass is 401 g/mol. The van der Waals surface area contributed by atoms with Gasteiger partial charge in [0.25, 0.3) is 0 Å². The zero-order valence-electron chi connectivity index (χ0n) is 16.5. The number of nitrogens with zero attached hydrogens (tertiary/aromatic N) is 1. The highest BCUT2D eigenvalue weighted by Gasteiger charge is 2.16. The van der Waals surface area contributed by atoms with E-state index in [9.17, 15) is 0 Å². The van der Waals surface area contributed by atoms with Gasteiger partial charge in [0.15, 0.2) is 23.0 Å². The molecule has 1 fully saturated rings. The summed E-state index contributed by atoms with van der Waals surface area (Å²) in [7, 11) is 3.26. The molecule has 1 heterocycles. The number of thiocarbonyl (C=S) groups is 1. The lowest BCUT2D eigenvalue weighted by molar-refractivity contribution is 0.206. The van der Waals surface area contributed by atoms with E-state index in [1.807, 2.05) is 42.5 Å². The van der Waals surface area contributed by atoms with Crippen LogP contribution in [0.15, 0.2) is 42.5 Å². The first kappa shape index (κ1) is 20.3. The number of hydrogen-bond donors (Lipinski definition) is 0. The molecule has 0 radical (unpaired) electrons. The van der Waals surface area contributed by atoms with Crippen molar-refractivity contribution in [2.75, 3.05) is 40.5 Å². The standard InChI is InChI=1S/C22H27NO4S/c1-24-18-8-4-5-9-19(18)26-14-15-27-20-11-10-17(16-21(20)25-2)22(28)23-12-6-3-7-13-23/h4-5,8-11,16H,3,6-7,12-15H2,1-2H3. The van der Waals surface area contributed by atoms with Crippen LogP contribution in [-0.4, -0.2) is 50.4 Å². The molecule has 150 valence electrons. The number of likely N-dealkylation sites (tertiary alicyclic amines) is 1. The molecule has 3 rings (SSSR count). The lowest BCUT2D eigenvalue weighted by Crippen LogP contribution is -2.34. The summed E-state index contributed by atoms with van der Waals surface area (Å²) in [6.45, 7) is 2.85. The van der Waals surface area contributed by atoms with E-state index in [1.165, 1.54) is 19.3 Å². The Morgan fingerprint density at radius 2 is 1.43 bits per heavy atom. The van der Waals surface area contributed by atoms with E-state index >= 15 is 0 Å². The number of methoxy groups -OCH3 is 2. The first-order valence-corrected chi connectivity index (χ1v) is 9.99. The molecule has 0 bridgehead atoms. The van der Waals surface area contributed by atoms with Gasteiger partial charge in [0, 0.05) is 18.7 Å². The van der Waals surface area contributed by atoms with Gasteiger partial charge in [-0.15, -0.1) is 0 Å². The minimum atomic E-state index is 0.393. The van der Waals surface area contributed by atoms with Crippen LogP contribution in [0.2, 0.25) is 0 Å². The molecule has 1 saturated heterocycles. The molecule has 0 amide bonds. The van der Waals surface area contributed by atoms with E-state index in [1.54, 1.807) is 14.2 Å². The van der Waals surface area contributed by atoms with Gasteiger partial charge in [0.05, 0.1) is 14.2 Å². The van der Waals surface area contributed by atoms with Crippen molar-refractivity contribution < 1.29 is 18.9 Å². The Bertz CT molecular complexity index is 790. The average Bonchev–Trinajstić information content (AvgIpc) is 2.77. The zero-order valence-corrected chi connectivity index (χ0v) is 17.3. The second-order valence-electron chi connectivity index (χ2n) is 6.57. The molecule has 2 aromatic carbocycles. The summed E-state index contributed by atoms with van der Waals surface area (Å²) in [5.74, 6) is 2.75. The van der Waals surface area contributed by atoms with Crippen LogP contribution in [0, 0.1) is 0 Å². The summed E-state index contributed by atoms with van der Waals surface area (Å²) in [5.41, 5.74) is 0.992. The average molecular weight is 402 g/mol. The summed E-state index contributed by atoms with van der Waals surface area (Å²) in [4.78, 5) is 3.15. The zero-order chi connectivity index (χ0) is 19.8. The van der Waals surface area contributed by atoms with E-state index in [0.717, 1.165) is 23.6 Å². The fourth-order valence-electron chi connectivity index (χ4n) is 3.24. The normalized spacial score (nSPS) is 13.7. The van der Waals surface area contributed by atoms with Gasteiger partial charge in [-0.3, -0.25) is 0 Å². The Balaban J connectivity index is 1.57. The summed E-state index contributed by atoms with van der Waals surface area (Å²) >= 11 is 5.67. The minimum absolute atomic E-state index is 0.393. The lowest BCUT2D eigenvalue weighted by Gasteiger charge is -2.29. The van der Waals surface area contributed by atoms with E-state index < -0.39 is 0 Å². The molecule has 1 aliphatic heterocycles. The Morgan fingerprint density at radius 1 is 0.821 bits per heavy atom. The molecule has 0 unspecified atom stereocenters. The van der Waals surface area contributed by atoms with E-state index in [4.69, 9.17) is 31.2 Å². The van der Waals surface area contributed by atoms with Gasteiger partial charge in [-0.1, -0.05) is 24.4 Å². The number of hydrogen-bond acceptors (Lipinski definition) is 5. The van der Waals surface area contributed by atoms with Crippen LogP contribution in [0.5, 0.6) is 23.0 Å². The largest absolute Gasteiger partial charge is 0.493 e. The number of piperidine rings is 1. The quantitative estimate of drug-likeness (QED) is 0.485. The molecule has 0 atom stereocenters. The molecule has 0 aromatic heterocycles. The van der Waals surface area contributed by atoms with Crippen LogP contribution >= 0.6 is 12.2 Å². The van der Waals surface area contributed by atoms with Crippen molar-refractivity contribution in [3.63, 3.8) is 0 Å². The Hall–Kier alpha value is -2.47. The van der Waals surface area contributed by atoms with E-state index in [-0.39, 0.29) is 0 Å². The van der Waals surface area contributed by atoms with Crippen molar-refractivity contribution in [1.82, 2.24) is 4.90 Å². The topological polar surface area (TPSA) is 40.2 Å². The minimum Gasteiger partial charge on any atom is -0.493 e. The number of ether oxygens (including phenoxy) is 4. The predicted octanol–water partition coefficient (Wildman–Crippen LogP) is 4.32.